The van der Waals surface area contributed by atoms with Crippen LogP contribution in [0.15, 0.2) is 48.5 Å². The monoisotopic (exact) mass is 437 g/mol. The van der Waals surface area contributed by atoms with Gasteiger partial charge in [0.05, 0.1) is 12.0 Å². The Bertz CT molecular complexity index is 1010. The first kappa shape index (κ1) is 21.7. The zero-order valence-corrected chi connectivity index (χ0v) is 18.2. The topological polar surface area (TPSA) is 97.0 Å². The Labute approximate surface area is 186 Å². The van der Waals surface area contributed by atoms with E-state index in [4.69, 9.17) is 9.47 Å². The SMILES string of the molecule is C[C@H](NC(=O)[C@H]1CC(=O)N(c2ccc3c(c2)OCCO3)C1)C(=O)N[C@H](C)c1ccccc1. The Kier molecular flexibility index (Phi) is 6.30. The molecule has 8 nitrogen and oxygen atoms in total. The van der Waals surface area contributed by atoms with Crippen molar-refractivity contribution in [2.75, 3.05) is 24.7 Å². The van der Waals surface area contributed by atoms with Crippen molar-refractivity contribution in [3.8, 4) is 11.5 Å². The summed E-state index contributed by atoms with van der Waals surface area (Å²) in [6.07, 6.45) is 0.0923. The van der Waals surface area contributed by atoms with Crippen LogP contribution in [0.25, 0.3) is 0 Å². The van der Waals surface area contributed by atoms with Crippen LogP contribution in [-0.2, 0) is 14.4 Å². The Morgan fingerprint density at radius 2 is 1.72 bits per heavy atom. The normalized spacial score (nSPS) is 19.2. The van der Waals surface area contributed by atoms with E-state index in [1.165, 1.54) is 0 Å². The van der Waals surface area contributed by atoms with E-state index in [2.05, 4.69) is 10.6 Å². The van der Waals surface area contributed by atoms with Crippen LogP contribution in [0, 0.1) is 5.92 Å². The summed E-state index contributed by atoms with van der Waals surface area (Å²) >= 11 is 0. The zero-order chi connectivity index (χ0) is 22.7. The zero-order valence-electron chi connectivity index (χ0n) is 18.2. The lowest BCUT2D eigenvalue weighted by molar-refractivity contribution is -0.131. The number of hydrogen-bond donors (Lipinski definition) is 2. The van der Waals surface area contributed by atoms with E-state index in [-0.39, 0.29) is 36.7 Å². The second-order valence-electron chi connectivity index (χ2n) is 8.10. The molecule has 0 saturated carbocycles. The molecule has 1 fully saturated rings. The highest BCUT2D eigenvalue weighted by Crippen LogP contribution is 2.36. The highest BCUT2D eigenvalue weighted by atomic mass is 16.6. The molecule has 8 heteroatoms. The number of anilines is 1. The average Bonchev–Trinajstić information content (AvgIpc) is 3.21. The first-order valence-electron chi connectivity index (χ1n) is 10.8. The van der Waals surface area contributed by atoms with Gasteiger partial charge in [-0.1, -0.05) is 30.3 Å². The first-order valence-corrected chi connectivity index (χ1v) is 10.8. The van der Waals surface area contributed by atoms with E-state index in [9.17, 15) is 14.4 Å². The van der Waals surface area contributed by atoms with E-state index in [1.54, 1.807) is 30.0 Å². The molecule has 32 heavy (non-hydrogen) atoms. The summed E-state index contributed by atoms with van der Waals surface area (Å²) in [5.74, 6) is -0.0250. The summed E-state index contributed by atoms with van der Waals surface area (Å²) in [6, 6.07) is 14.0. The molecule has 0 unspecified atom stereocenters. The summed E-state index contributed by atoms with van der Waals surface area (Å²) in [5.41, 5.74) is 1.65. The maximum Gasteiger partial charge on any atom is 0.242 e. The van der Waals surface area contributed by atoms with E-state index in [0.29, 0.717) is 30.4 Å². The van der Waals surface area contributed by atoms with Crippen LogP contribution in [0.4, 0.5) is 5.69 Å². The van der Waals surface area contributed by atoms with Crippen LogP contribution in [0.3, 0.4) is 0 Å². The number of hydrogen-bond acceptors (Lipinski definition) is 5. The summed E-state index contributed by atoms with van der Waals surface area (Å²) in [4.78, 5) is 39.4. The number of nitrogens with one attached hydrogen (secondary N) is 2. The second kappa shape index (κ2) is 9.30. The standard InChI is InChI=1S/C24H27N3O5/c1-15(17-6-4-3-5-7-17)25-23(29)16(2)26-24(30)18-12-22(28)27(14-18)19-8-9-20-21(13-19)32-11-10-31-20/h3-9,13,15-16,18H,10-12,14H2,1-2H3,(H,25,29)(H,26,30)/t15-,16+,18+/m1/s1. The predicted octanol–water partition coefficient (Wildman–Crippen LogP) is 2.19. The molecule has 0 bridgehead atoms. The van der Waals surface area contributed by atoms with Gasteiger partial charge in [0.2, 0.25) is 17.7 Å². The van der Waals surface area contributed by atoms with Crippen LogP contribution in [-0.4, -0.2) is 43.5 Å². The maximum absolute atomic E-state index is 12.8. The number of benzene rings is 2. The molecule has 2 aliphatic rings. The molecule has 2 aromatic carbocycles. The lowest BCUT2D eigenvalue weighted by Gasteiger charge is -2.22. The van der Waals surface area contributed by atoms with Crippen molar-refractivity contribution >= 4 is 23.4 Å². The van der Waals surface area contributed by atoms with Crippen molar-refractivity contribution in [1.29, 1.82) is 0 Å². The molecule has 1 saturated heterocycles. The lowest BCUT2D eigenvalue weighted by Crippen LogP contribution is -2.47. The summed E-state index contributed by atoms with van der Waals surface area (Å²) in [6.45, 7) is 4.73. The van der Waals surface area contributed by atoms with Crippen molar-refractivity contribution in [2.24, 2.45) is 5.92 Å². The molecule has 0 spiro atoms. The summed E-state index contributed by atoms with van der Waals surface area (Å²) in [7, 11) is 0. The van der Waals surface area contributed by atoms with Gasteiger partial charge in [-0.3, -0.25) is 14.4 Å². The molecule has 168 valence electrons. The molecular formula is C24H27N3O5. The van der Waals surface area contributed by atoms with Gasteiger partial charge in [0, 0.05) is 24.7 Å². The van der Waals surface area contributed by atoms with Gasteiger partial charge in [0.25, 0.3) is 0 Å². The van der Waals surface area contributed by atoms with Crippen molar-refractivity contribution in [3.63, 3.8) is 0 Å². The van der Waals surface area contributed by atoms with Crippen molar-refractivity contribution in [3.05, 3.63) is 54.1 Å². The molecule has 2 N–H and O–H groups in total. The molecule has 3 amide bonds. The number of amides is 3. The molecule has 0 aromatic heterocycles. The Morgan fingerprint density at radius 1 is 1.00 bits per heavy atom. The molecule has 0 aliphatic carbocycles. The van der Waals surface area contributed by atoms with E-state index in [1.807, 2.05) is 37.3 Å². The van der Waals surface area contributed by atoms with Crippen molar-refractivity contribution in [2.45, 2.75) is 32.4 Å². The predicted molar refractivity (Wildman–Crippen MR) is 118 cm³/mol. The highest BCUT2D eigenvalue weighted by molar-refractivity contribution is 6.01. The van der Waals surface area contributed by atoms with E-state index < -0.39 is 12.0 Å². The van der Waals surface area contributed by atoms with E-state index >= 15 is 0 Å². The highest BCUT2D eigenvalue weighted by Gasteiger charge is 2.36. The van der Waals surface area contributed by atoms with Gasteiger partial charge < -0.3 is 25.0 Å². The summed E-state index contributed by atoms with van der Waals surface area (Å²) in [5, 5.41) is 5.65. The number of ether oxygens (including phenoxy) is 2. The Morgan fingerprint density at radius 3 is 2.47 bits per heavy atom. The number of rotatable bonds is 6. The number of carbonyl (C=O) groups excluding carboxylic acids is 3. The largest absolute Gasteiger partial charge is 0.486 e. The van der Waals surface area contributed by atoms with Crippen LogP contribution >= 0.6 is 0 Å². The van der Waals surface area contributed by atoms with Crippen molar-refractivity contribution in [1.82, 2.24) is 10.6 Å². The van der Waals surface area contributed by atoms with Crippen LogP contribution in [0.5, 0.6) is 11.5 Å². The fourth-order valence-corrected chi connectivity index (χ4v) is 3.89. The fourth-order valence-electron chi connectivity index (χ4n) is 3.89. The minimum absolute atomic E-state index is 0.0923. The minimum Gasteiger partial charge on any atom is -0.486 e. The third-order valence-electron chi connectivity index (χ3n) is 5.74. The van der Waals surface area contributed by atoms with Gasteiger partial charge in [-0.15, -0.1) is 0 Å². The molecule has 3 atom stereocenters. The van der Waals surface area contributed by atoms with Crippen LogP contribution in [0.1, 0.15) is 31.9 Å². The number of carbonyl (C=O) groups is 3. The number of fused-ring (bicyclic) bond motifs is 1. The third kappa shape index (κ3) is 4.69. The van der Waals surface area contributed by atoms with Gasteiger partial charge in [-0.2, -0.15) is 0 Å². The second-order valence-corrected chi connectivity index (χ2v) is 8.10. The molecule has 2 heterocycles. The lowest BCUT2D eigenvalue weighted by atomic mass is 10.1. The quantitative estimate of drug-likeness (QED) is 0.722. The smallest absolute Gasteiger partial charge is 0.242 e. The minimum atomic E-state index is -0.716. The van der Waals surface area contributed by atoms with Gasteiger partial charge in [-0.05, 0) is 31.5 Å². The summed E-state index contributed by atoms with van der Waals surface area (Å²) < 4.78 is 11.1. The Hall–Kier alpha value is -3.55. The molecule has 2 aliphatic heterocycles. The maximum atomic E-state index is 12.8. The molecular weight excluding hydrogens is 410 g/mol. The molecule has 2 aromatic rings. The van der Waals surface area contributed by atoms with Crippen molar-refractivity contribution < 1.29 is 23.9 Å². The van der Waals surface area contributed by atoms with Crippen LogP contribution < -0.4 is 25.0 Å². The molecule has 4 rings (SSSR count). The third-order valence-corrected chi connectivity index (χ3v) is 5.74. The van der Waals surface area contributed by atoms with Gasteiger partial charge in [0.15, 0.2) is 11.5 Å². The van der Waals surface area contributed by atoms with Gasteiger partial charge in [0.1, 0.15) is 19.3 Å². The van der Waals surface area contributed by atoms with Gasteiger partial charge >= 0.3 is 0 Å². The fraction of sp³-hybridized carbons (Fsp3) is 0.375. The number of nitrogens with zero attached hydrogens (tertiary/aromatic N) is 1. The first-order chi connectivity index (χ1) is 15.4. The van der Waals surface area contributed by atoms with E-state index in [0.717, 1.165) is 5.56 Å². The average molecular weight is 437 g/mol. The Balaban J connectivity index is 1.34. The van der Waals surface area contributed by atoms with Crippen LogP contribution in [0.2, 0.25) is 0 Å². The molecule has 0 radical (unpaired) electrons. The van der Waals surface area contributed by atoms with Gasteiger partial charge in [-0.25, -0.2) is 0 Å².